The molecular formula is C27H27N5O4. The van der Waals surface area contributed by atoms with Crippen molar-refractivity contribution in [1.82, 2.24) is 20.6 Å². The number of tetrazole rings is 1. The summed E-state index contributed by atoms with van der Waals surface area (Å²) in [5.74, 6) is 1.23. The van der Waals surface area contributed by atoms with Gasteiger partial charge < -0.3 is 14.2 Å². The molecule has 3 N–H and O–H groups in total. The minimum absolute atomic E-state index is 0.0231. The first-order valence-electron chi connectivity index (χ1n) is 11.9. The number of carbonyl (C=O) groups excluding carboxylic acids is 1. The Hall–Kier alpha value is -4.24. The molecule has 9 nitrogen and oxygen atoms in total. The smallest absolute Gasteiger partial charge is 0.257 e. The van der Waals surface area contributed by atoms with Gasteiger partial charge >= 0.3 is 0 Å². The monoisotopic (exact) mass is 485 g/mol. The molecule has 9 heteroatoms. The number of benzene rings is 3. The van der Waals surface area contributed by atoms with Gasteiger partial charge in [0.15, 0.2) is 17.3 Å². The molecule has 2 heterocycles. The van der Waals surface area contributed by atoms with Crippen molar-refractivity contribution >= 4 is 5.78 Å². The van der Waals surface area contributed by atoms with E-state index in [0.29, 0.717) is 29.2 Å². The summed E-state index contributed by atoms with van der Waals surface area (Å²) in [6, 6.07) is 20.6. The summed E-state index contributed by atoms with van der Waals surface area (Å²) in [7, 11) is 0. The number of fused-ring (bicyclic) bond motifs is 1. The first-order chi connectivity index (χ1) is 17.6. The molecule has 1 aromatic heterocycles. The van der Waals surface area contributed by atoms with E-state index in [1.807, 2.05) is 0 Å². The van der Waals surface area contributed by atoms with Crippen LogP contribution < -0.4 is 19.9 Å². The molecule has 1 atom stereocenters. The van der Waals surface area contributed by atoms with Crippen molar-refractivity contribution < 1.29 is 19.0 Å². The molecule has 0 saturated carbocycles. The minimum Gasteiger partial charge on any atom is -0.489 e. The van der Waals surface area contributed by atoms with Gasteiger partial charge in [0.25, 0.3) is 5.72 Å². The Balaban J connectivity index is 1.27. The number of ketones is 1. The van der Waals surface area contributed by atoms with Gasteiger partial charge in [-0.1, -0.05) is 43.7 Å². The predicted molar refractivity (Wildman–Crippen MR) is 132 cm³/mol. The van der Waals surface area contributed by atoms with Crippen LogP contribution in [0.4, 0.5) is 0 Å². The fraction of sp³-hybridized carbons (Fsp3) is 0.259. The molecule has 4 aromatic rings. The maximum atomic E-state index is 13.3. The van der Waals surface area contributed by atoms with Crippen molar-refractivity contribution in [3.05, 3.63) is 94.8 Å². The van der Waals surface area contributed by atoms with Crippen LogP contribution in [-0.2, 0) is 18.8 Å². The van der Waals surface area contributed by atoms with E-state index in [0.717, 1.165) is 12.0 Å². The third-order valence-electron chi connectivity index (χ3n) is 6.04. The molecule has 184 valence electrons. The first kappa shape index (κ1) is 23.5. The summed E-state index contributed by atoms with van der Waals surface area (Å²) in [5.41, 5.74) is 8.08. The van der Waals surface area contributed by atoms with Crippen LogP contribution in [0.3, 0.4) is 0 Å². The van der Waals surface area contributed by atoms with Crippen LogP contribution in [-0.4, -0.2) is 33.0 Å². The molecule has 1 aliphatic heterocycles. The van der Waals surface area contributed by atoms with Crippen LogP contribution in [0.2, 0.25) is 0 Å². The fourth-order valence-electron chi connectivity index (χ4n) is 3.97. The van der Waals surface area contributed by atoms with Crippen molar-refractivity contribution in [2.24, 2.45) is 5.73 Å². The highest BCUT2D eigenvalue weighted by Crippen LogP contribution is 2.40. The second-order valence-corrected chi connectivity index (χ2v) is 8.71. The lowest BCUT2D eigenvalue weighted by Gasteiger charge is -2.33. The van der Waals surface area contributed by atoms with Gasteiger partial charge in [-0.25, -0.2) is 0 Å². The molecule has 3 aromatic carbocycles. The lowest BCUT2D eigenvalue weighted by Crippen LogP contribution is -2.51. The van der Waals surface area contributed by atoms with Gasteiger partial charge in [-0.05, 0) is 65.6 Å². The molecule has 0 amide bonds. The van der Waals surface area contributed by atoms with E-state index < -0.39 is 5.72 Å². The number of unbranched alkanes of at least 4 members (excludes halogenated alkanes) is 1. The maximum absolute atomic E-state index is 13.3. The normalized spacial score (nSPS) is 16.5. The molecule has 0 spiro atoms. The van der Waals surface area contributed by atoms with E-state index in [4.69, 9.17) is 19.9 Å². The third kappa shape index (κ3) is 4.92. The Morgan fingerprint density at radius 1 is 1.08 bits per heavy atom. The summed E-state index contributed by atoms with van der Waals surface area (Å²) in [4.78, 5) is 13.3. The lowest BCUT2D eigenvalue weighted by atomic mass is 10.0. The topological polar surface area (TPSA) is 125 Å². The number of aromatic nitrogens is 4. The number of aromatic amines is 1. The SMILES string of the molecule is CCCCc1ccc(COc2ccc(C(=O)c3cccc4c3OC(N)(c3nn[nH]n3)CO4)cc2)cc1. The van der Waals surface area contributed by atoms with Crippen LogP contribution in [0.1, 0.15) is 52.6 Å². The fourth-order valence-corrected chi connectivity index (χ4v) is 3.97. The number of nitrogens with two attached hydrogens (primary N) is 1. The number of hydrogen-bond donors (Lipinski definition) is 2. The average Bonchev–Trinajstić information content (AvgIpc) is 3.47. The van der Waals surface area contributed by atoms with E-state index in [1.54, 1.807) is 42.5 Å². The van der Waals surface area contributed by atoms with Crippen molar-refractivity contribution in [3.63, 3.8) is 0 Å². The van der Waals surface area contributed by atoms with Crippen molar-refractivity contribution in [2.45, 2.75) is 38.5 Å². The Morgan fingerprint density at radius 2 is 1.86 bits per heavy atom. The number of carbonyl (C=O) groups is 1. The number of nitrogens with zero attached hydrogens (tertiary/aromatic N) is 3. The number of aryl methyl sites for hydroxylation is 1. The summed E-state index contributed by atoms with van der Waals surface area (Å²) in [5, 5.41) is 13.7. The van der Waals surface area contributed by atoms with Crippen LogP contribution in [0.15, 0.2) is 66.7 Å². The summed E-state index contributed by atoms with van der Waals surface area (Å²) < 4.78 is 17.7. The van der Waals surface area contributed by atoms with E-state index in [2.05, 4.69) is 51.8 Å². The summed E-state index contributed by atoms with van der Waals surface area (Å²) in [6.07, 6.45) is 3.47. The standard InChI is InChI=1S/C27H27N5O4/c1-2-3-5-18-8-10-19(11-9-18)16-34-21-14-12-20(13-15-21)24(33)22-6-4-7-23-25(22)36-27(28,17-35-23)26-29-31-32-30-26/h4,6-15H,2-3,5,16-17,28H2,1H3,(H,29,30,31,32). The van der Waals surface area contributed by atoms with E-state index in [-0.39, 0.29) is 24.0 Å². The van der Waals surface area contributed by atoms with E-state index in [1.165, 1.54) is 18.4 Å². The number of H-pyrrole nitrogens is 1. The zero-order chi connectivity index (χ0) is 25.0. The van der Waals surface area contributed by atoms with Gasteiger partial charge in [-0.15, -0.1) is 10.2 Å². The van der Waals surface area contributed by atoms with Gasteiger partial charge in [-0.2, -0.15) is 5.21 Å². The molecule has 0 saturated heterocycles. The molecule has 0 bridgehead atoms. The number of para-hydroxylation sites is 1. The second kappa shape index (κ2) is 10.2. The lowest BCUT2D eigenvalue weighted by molar-refractivity contribution is -0.0154. The molecule has 1 unspecified atom stereocenters. The van der Waals surface area contributed by atoms with Crippen molar-refractivity contribution in [3.8, 4) is 17.2 Å². The molecular weight excluding hydrogens is 458 g/mol. The number of hydrogen-bond acceptors (Lipinski definition) is 8. The molecule has 0 fully saturated rings. The highest BCUT2D eigenvalue weighted by molar-refractivity contribution is 6.11. The molecule has 0 aliphatic carbocycles. The predicted octanol–water partition coefficient (Wildman–Crippen LogP) is 3.94. The maximum Gasteiger partial charge on any atom is 0.257 e. The Kier molecular flexibility index (Phi) is 6.64. The van der Waals surface area contributed by atoms with E-state index >= 15 is 0 Å². The number of nitrogens with one attached hydrogen (secondary N) is 1. The van der Waals surface area contributed by atoms with Crippen LogP contribution in [0.25, 0.3) is 0 Å². The summed E-state index contributed by atoms with van der Waals surface area (Å²) >= 11 is 0. The zero-order valence-electron chi connectivity index (χ0n) is 19.9. The Morgan fingerprint density at radius 3 is 2.58 bits per heavy atom. The van der Waals surface area contributed by atoms with Gasteiger partial charge in [0, 0.05) is 5.56 Å². The number of ether oxygens (including phenoxy) is 3. The second-order valence-electron chi connectivity index (χ2n) is 8.71. The summed E-state index contributed by atoms with van der Waals surface area (Å²) in [6.45, 7) is 2.62. The first-order valence-corrected chi connectivity index (χ1v) is 11.9. The van der Waals surface area contributed by atoms with Crippen LogP contribution in [0, 0.1) is 0 Å². The van der Waals surface area contributed by atoms with Gasteiger partial charge in [-0.3, -0.25) is 10.5 Å². The minimum atomic E-state index is -1.47. The third-order valence-corrected chi connectivity index (χ3v) is 6.04. The van der Waals surface area contributed by atoms with Gasteiger partial charge in [0.05, 0.1) is 5.56 Å². The highest BCUT2D eigenvalue weighted by Gasteiger charge is 2.41. The number of rotatable bonds is 9. The van der Waals surface area contributed by atoms with Crippen molar-refractivity contribution in [1.29, 1.82) is 0 Å². The molecule has 0 radical (unpaired) electrons. The molecule has 36 heavy (non-hydrogen) atoms. The quantitative estimate of drug-likeness (QED) is 0.342. The van der Waals surface area contributed by atoms with Gasteiger partial charge in [0.1, 0.15) is 19.0 Å². The molecule has 1 aliphatic rings. The van der Waals surface area contributed by atoms with Crippen molar-refractivity contribution in [2.75, 3.05) is 6.61 Å². The van der Waals surface area contributed by atoms with E-state index in [9.17, 15) is 4.79 Å². The van der Waals surface area contributed by atoms with Gasteiger partial charge in [0.2, 0.25) is 5.82 Å². The Labute approximate surface area is 208 Å². The Bertz CT molecular complexity index is 1320. The average molecular weight is 486 g/mol. The molecule has 5 rings (SSSR count). The zero-order valence-corrected chi connectivity index (χ0v) is 19.9. The van der Waals surface area contributed by atoms with Crippen LogP contribution in [0.5, 0.6) is 17.2 Å². The highest BCUT2D eigenvalue weighted by atomic mass is 16.6. The largest absolute Gasteiger partial charge is 0.489 e. The van der Waals surface area contributed by atoms with Crippen LogP contribution >= 0.6 is 0 Å².